The summed E-state index contributed by atoms with van der Waals surface area (Å²) in [6, 6.07) is 14.1. The van der Waals surface area contributed by atoms with Crippen LogP contribution in [0.2, 0.25) is 5.02 Å². The minimum Gasteiger partial charge on any atom is -0.325 e. The lowest BCUT2D eigenvalue weighted by Gasteiger charge is -2.08. The quantitative estimate of drug-likeness (QED) is 0.905. The van der Waals surface area contributed by atoms with Gasteiger partial charge in [-0.05, 0) is 51.8 Å². The summed E-state index contributed by atoms with van der Waals surface area (Å²) in [5.41, 5.74) is 2.11. The van der Waals surface area contributed by atoms with Crippen molar-refractivity contribution in [1.29, 1.82) is 5.26 Å². The number of carbonyl (C=O) groups excluding carboxylic acids is 1. The van der Waals surface area contributed by atoms with E-state index in [0.717, 1.165) is 10.0 Å². The molecule has 0 aliphatic rings. The number of hydrogen-bond acceptors (Lipinski definition) is 2. The van der Waals surface area contributed by atoms with Gasteiger partial charge in [-0.1, -0.05) is 23.7 Å². The van der Waals surface area contributed by atoms with Crippen LogP contribution < -0.4 is 5.32 Å². The number of rotatable bonds is 3. The van der Waals surface area contributed by atoms with Crippen LogP contribution in [-0.2, 0) is 11.2 Å². The second-order valence-corrected chi connectivity index (χ2v) is 5.45. The van der Waals surface area contributed by atoms with Gasteiger partial charge in [-0.2, -0.15) is 5.26 Å². The molecule has 2 aromatic rings. The molecule has 0 fully saturated rings. The number of nitrogens with zero attached hydrogens (tertiary/aromatic N) is 1. The number of halogens is 2. The molecule has 0 aliphatic heterocycles. The van der Waals surface area contributed by atoms with Gasteiger partial charge in [-0.15, -0.1) is 0 Å². The maximum atomic E-state index is 11.9. The SMILES string of the molecule is N#Cc1ccc(CC(=O)Nc2ccc(Cl)cc2Br)cc1. The highest BCUT2D eigenvalue weighted by molar-refractivity contribution is 9.10. The number of carbonyl (C=O) groups is 1. The smallest absolute Gasteiger partial charge is 0.228 e. The van der Waals surface area contributed by atoms with Gasteiger partial charge in [-0.3, -0.25) is 4.79 Å². The normalized spacial score (nSPS) is 9.85. The van der Waals surface area contributed by atoms with Crippen LogP contribution in [0.25, 0.3) is 0 Å². The molecule has 0 aliphatic carbocycles. The molecule has 100 valence electrons. The average molecular weight is 350 g/mol. The Morgan fingerprint density at radius 1 is 1.25 bits per heavy atom. The van der Waals surface area contributed by atoms with Crippen molar-refractivity contribution < 1.29 is 4.79 Å². The lowest BCUT2D eigenvalue weighted by molar-refractivity contribution is -0.115. The standard InChI is InChI=1S/C15H10BrClN2O/c16-13-8-12(17)5-6-14(13)19-15(20)7-10-1-3-11(9-18)4-2-10/h1-6,8H,7H2,(H,19,20). The minimum absolute atomic E-state index is 0.127. The van der Waals surface area contributed by atoms with E-state index in [9.17, 15) is 4.79 Å². The summed E-state index contributed by atoms with van der Waals surface area (Å²) in [5.74, 6) is -0.127. The minimum atomic E-state index is -0.127. The number of anilines is 1. The van der Waals surface area contributed by atoms with E-state index in [1.165, 1.54) is 0 Å². The van der Waals surface area contributed by atoms with E-state index in [2.05, 4.69) is 21.2 Å². The predicted molar refractivity (Wildman–Crippen MR) is 82.6 cm³/mol. The van der Waals surface area contributed by atoms with Crippen LogP contribution in [0.15, 0.2) is 46.9 Å². The zero-order chi connectivity index (χ0) is 14.5. The largest absolute Gasteiger partial charge is 0.325 e. The van der Waals surface area contributed by atoms with E-state index in [1.54, 1.807) is 42.5 Å². The van der Waals surface area contributed by atoms with Crippen molar-refractivity contribution in [2.24, 2.45) is 0 Å². The molecule has 1 amide bonds. The number of amides is 1. The highest BCUT2D eigenvalue weighted by Gasteiger charge is 2.07. The van der Waals surface area contributed by atoms with Crippen molar-refractivity contribution in [2.45, 2.75) is 6.42 Å². The van der Waals surface area contributed by atoms with Crippen molar-refractivity contribution in [2.75, 3.05) is 5.32 Å². The molecular formula is C15H10BrClN2O. The van der Waals surface area contributed by atoms with Gasteiger partial charge in [-0.25, -0.2) is 0 Å². The number of hydrogen-bond donors (Lipinski definition) is 1. The van der Waals surface area contributed by atoms with Crippen LogP contribution in [-0.4, -0.2) is 5.91 Å². The fourth-order valence-electron chi connectivity index (χ4n) is 1.67. The molecule has 3 nitrogen and oxygen atoms in total. The summed E-state index contributed by atoms with van der Waals surface area (Å²) < 4.78 is 0.734. The van der Waals surface area contributed by atoms with Crippen LogP contribution in [0, 0.1) is 11.3 Å². The van der Waals surface area contributed by atoms with Gasteiger partial charge >= 0.3 is 0 Å². The maximum Gasteiger partial charge on any atom is 0.228 e. The summed E-state index contributed by atoms with van der Waals surface area (Å²) >= 11 is 9.19. The summed E-state index contributed by atoms with van der Waals surface area (Å²) in [6.07, 6.45) is 0.251. The fraction of sp³-hybridized carbons (Fsp3) is 0.0667. The predicted octanol–water partition coefficient (Wildman–Crippen LogP) is 4.16. The van der Waals surface area contributed by atoms with Crippen molar-refractivity contribution in [3.63, 3.8) is 0 Å². The van der Waals surface area contributed by atoms with Crippen molar-refractivity contribution >= 4 is 39.1 Å². The van der Waals surface area contributed by atoms with E-state index >= 15 is 0 Å². The molecular weight excluding hydrogens is 340 g/mol. The second kappa shape index (κ2) is 6.56. The third-order valence-electron chi connectivity index (χ3n) is 2.65. The number of nitrogens with one attached hydrogen (secondary N) is 1. The first-order chi connectivity index (χ1) is 9.58. The molecule has 5 heteroatoms. The first kappa shape index (κ1) is 14.6. The van der Waals surface area contributed by atoms with Gasteiger partial charge < -0.3 is 5.32 Å². The highest BCUT2D eigenvalue weighted by atomic mass is 79.9. The molecule has 0 saturated heterocycles. The Bertz CT molecular complexity index is 677. The van der Waals surface area contributed by atoms with E-state index in [1.807, 2.05) is 6.07 Å². The van der Waals surface area contributed by atoms with Gasteiger partial charge in [0, 0.05) is 9.50 Å². The van der Waals surface area contributed by atoms with E-state index in [-0.39, 0.29) is 12.3 Å². The molecule has 20 heavy (non-hydrogen) atoms. The van der Waals surface area contributed by atoms with Crippen molar-refractivity contribution in [3.05, 3.63) is 63.1 Å². The molecule has 0 radical (unpaired) electrons. The fourth-order valence-corrected chi connectivity index (χ4v) is 2.45. The highest BCUT2D eigenvalue weighted by Crippen LogP contribution is 2.25. The van der Waals surface area contributed by atoms with Crippen LogP contribution in [0.3, 0.4) is 0 Å². The topological polar surface area (TPSA) is 52.9 Å². The van der Waals surface area contributed by atoms with E-state index in [0.29, 0.717) is 16.3 Å². The van der Waals surface area contributed by atoms with Crippen LogP contribution in [0.1, 0.15) is 11.1 Å². The zero-order valence-electron chi connectivity index (χ0n) is 10.4. The summed E-state index contributed by atoms with van der Waals surface area (Å²) in [4.78, 5) is 11.9. The molecule has 0 heterocycles. The average Bonchev–Trinajstić information content (AvgIpc) is 2.43. The van der Waals surface area contributed by atoms with Crippen LogP contribution >= 0.6 is 27.5 Å². The van der Waals surface area contributed by atoms with Crippen LogP contribution in [0.4, 0.5) is 5.69 Å². The third-order valence-corrected chi connectivity index (χ3v) is 3.54. The first-order valence-corrected chi connectivity index (χ1v) is 6.99. The number of nitriles is 1. The molecule has 2 rings (SSSR count). The van der Waals surface area contributed by atoms with Gasteiger partial charge in [0.25, 0.3) is 0 Å². The molecule has 0 saturated carbocycles. The van der Waals surface area contributed by atoms with Gasteiger partial charge in [0.15, 0.2) is 0 Å². The molecule has 1 N–H and O–H groups in total. The molecule has 0 aromatic heterocycles. The summed E-state index contributed by atoms with van der Waals surface area (Å²) in [6.45, 7) is 0. The molecule has 2 aromatic carbocycles. The van der Waals surface area contributed by atoms with Crippen molar-refractivity contribution in [1.82, 2.24) is 0 Å². The van der Waals surface area contributed by atoms with Gasteiger partial charge in [0.2, 0.25) is 5.91 Å². The molecule has 0 unspecified atom stereocenters. The van der Waals surface area contributed by atoms with Crippen LogP contribution in [0.5, 0.6) is 0 Å². The Labute approximate surface area is 130 Å². The van der Waals surface area contributed by atoms with E-state index in [4.69, 9.17) is 16.9 Å². The molecule has 0 bridgehead atoms. The summed E-state index contributed by atoms with van der Waals surface area (Å²) in [5, 5.41) is 12.1. The van der Waals surface area contributed by atoms with E-state index < -0.39 is 0 Å². The Hall–Kier alpha value is -1.83. The summed E-state index contributed by atoms with van der Waals surface area (Å²) in [7, 11) is 0. The lowest BCUT2D eigenvalue weighted by atomic mass is 10.1. The van der Waals surface area contributed by atoms with Gasteiger partial charge in [0.05, 0.1) is 23.7 Å². The Kier molecular flexibility index (Phi) is 4.78. The number of benzene rings is 2. The molecule has 0 atom stereocenters. The first-order valence-electron chi connectivity index (χ1n) is 5.82. The zero-order valence-corrected chi connectivity index (χ0v) is 12.7. The monoisotopic (exact) mass is 348 g/mol. The Morgan fingerprint density at radius 2 is 1.95 bits per heavy atom. The maximum absolute atomic E-state index is 11.9. The Balaban J connectivity index is 2.03. The second-order valence-electron chi connectivity index (χ2n) is 4.16. The third kappa shape index (κ3) is 3.83. The van der Waals surface area contributed by atoms with Crippen molar-refractivity contribution in [3.8, 4) is 6.07 Å². The lowest BCUT2D eigenvalue weighted by Crippen LogP contribution is -2.14. The Morgan fingerprint density at radius 3 is 2.55 bits per heavy atom. The van der Waals surface area contributed by atoms with Gasteiger partial charge in [0.1, 0.15) is 0 Å². The molecule has 0 spiro atoms.